The minimum atomic E-state index is -2.13. The monoisotopic (exact) mass is 470 g/mol. The molecule has 4 unspecified atom stereocenters. The molecule has 0 spiro atoms. The van der Waals surface area contributed by atoms with Crippen LogP contribution >= 0.6 is 0 Å². The first-order valence-corrected chi connectivity index (χ1v) is 12.2. The summed E-state index contributed by atoms with van der Waals surface area (Å²) in [4.78, 5) is 37.7. The van der Waals surface area contributed by atoms with Gasteiger partial charge in [-0.15, -0.1) is 0 Å². The van der Waals surface area contributed by atoms with Crippen LogP contribution in [-0.2, 0) is 19.1 Å². The zero-order valence-corrected chi connectivity index (χ0v) is 19.9. The number of Topliss-reactive ketones (excluding diaryl/α,β-unsaturated/α-hetero) is 2. The van der Waals surface area contributed by atoms with Crippen LogP contribution in [0.1, 0.15) is 72.6 Å². The lowest BCUT2D eigenvalue weighted by Crippen LogP contribution is -2.73. The minimum Gasteiger partial charge on any atom is -0.450 e. The van der Waals surface area contributed by atoms with Crippen molar-refractivity contribution in [2.75, 3.05) is 6.61 Å². The van der Waals surface area contributed by atoms with Gasteiger partial charge < -0.3 is 14.9 Å². The van der Waals surface area contributed by atoms with Crippen molar-refractivity contribution in [3.05, 3.63) is 0 Å². The van der Waals surface area contributed by atoms with Gasteiger partial charge in [-0.05, 0) is 31.6 Å². The zero-order valence-electron chi connectivity index (χ0n) is 19.9. The fourth-order valence-electron chi connectivity index (χ4n) is 8.59. The van der Waals surface area contributed by atoms with Crippen molar-refractivity contribution in [1.82, 2.24) is 0 Å². The van der Waals surface area contributed by atoms with Gasteiger partial charge in [0.05, 0.1) is 6.10 Å². The highest BCUT2D eigenvalue weighted by molar-refractivity contribution is 5.92. The van der Waals surface area contributed by atoms with Crippen molar-refractivity contribution in [2.45, 2.75) is 96.2 Å². The summed E-state index contributed by atoms with van der Waals surface area (Å²) in [5, 5.41) is 21.2. The number of aliphatic hydroxyl groups excluding tert-OH is 2. The molecular formula is C25H36F2O6. The standard InChI is InChI=1S/C25H36F2O6/c1-5-21(32)33-25(20(31)12-28)13(2)8-15-16-10-18(26)17-9-14(29)6-7-22(17,3)24(16,27)19(30)11-23(15,25)4/h13,15-19,28,30H,5-12H2,1-4H3/t13?,15-,16-,17?,18?,19?,22-,23-,24-,25-/m0/s1. The second-order valence-corrected chi connectivity index (χ2v) is 11.4. The normalized spacial score (nSPS) is 51.3. The van der Waals surface area contributed by atoms with Crippen molar-refractivity contribution < 1.29 is 38.1 Å². The van der Waals surface area contributed by atoms with Gasteiger partial charge in [0.25, 0.3) is 0 Å². The van der Waals surface area contributed by atoms with Crippen LogP contribution in [0.15, 0.2) is 0 Å². The number of fused-ring (bicyclic) bond motifs is 5. The summed E-state index contributed by atoms with van der Waals surface area (Å²) >= 11 is 0. The van der Waals surface area contributed by atoms with Gasteiger partial charge >= 0.3 is 5.97 Å². The molecule has 0 aromatic heterocycles. The van der Waals surface area contributed by atoms with E-state index in [0.29, 0.717) is 6.42 Å². The third-order valence-corrected chi connectivity index (χ3v) is 10.2. The topological polar surface area (TPSA) is 101 Å². The summed E-state index contributed by atoms with van der Waals surface area (Å²) in [6, 6.07) is 0. The van der Waals surface area contributed by atoms with Crippen molar-refractivity contribution in [2.24, 2.45) is 34.5 Å². The second-order valence-electron chi connectivity index (χ2n) is 11.4. The van der Waals surface area contributed by atoms with Crippen LogP contribution < -0.4 is 0 Å². The maximum Gasteiger partial charge on any atom is 0.306 e. The van der Waals surface area contributed by atoms with Gasteiger partial charge in [0, 0.05) is 47.8 Å². The lowest BCUT2D eigenvalue weighted by Gasteiger charge is -2.65. The van der Waals surface area contributed by atoms with Gasteiger partial charge in [-0.2, -0.15) is 0 Å². The summed E-state index contributed by atoms with van der Waals surface area (Å²) < 4.78 is 38.6. The largest absolute Gasteiger partial charge is 0.450 e. The Hall–Kier alpha value is -1.41. The van der Waals surface area contributed by atoms with Gasteiger partial charge in [-0.25, -0.2) is 8.78 Å². The van der Waals surface area contributed by atoms with Crippen molar-refractivity contribution in [3.8, 4) is 0 Å². The molecule has 0 saturated heterocycles. The number of esters is 1. The molecular weight excluding hydrogens is 434 g/mol. The van der Waals surface area contributed by atoms with Crippen molar-refractivity contribution in [1.29, 1.82) is 0 Å². The Bertz CT molecular complexity index is 864. The van der Waals surface area contributed by atoms with Crippen LogP contribution in [0.5, 0.6) is 0 Å². The van der Waals surface area contributed by atoms with E-state index in [1.54, 1.807) is 27.7 Å². The number of rotatable bonds is 4. The number of alkyl halides is 2. The maximum atomic E-state index is 17.3. The molecule has 0 amide bonds. The number of aliphatic hydroxyl groups is 2. The van der Waals surface area contributed by atoms with Gasteiger partial charge in [-0.1, -0.05) is 27.7 Å². The van der Waals surface area contributed by atoms with E-state index >= 15 is 8.78 Å². The smallest absolute Gasteiger partial charge is 0.306 e. The molecule has 0 radical (unpaired) electrons. The Morgan fingerprint density at radius 3 is 2.42 bits per heavy atom. The van der Waals surface area contributed by atoms with E-state index in [-0.39, 0.29) is 44.3 Å². The first kappa shape index (κ1) is 24.7. The number of carbonyl (C=O) groups is 3. The Kier molecular flexibility index (Phi) is 5.84. The highest BCUT2D eigenvalue weighted by Crippen LogP contribution is 2.72. The fourth-order valence-corrected chi connectivity index (χ4v) is 8.59. The molecule has 0 aromatic rings. The molecule has 4 saturated carbocycles. The lowest BCUT2D eigenvalue weighted by molar-refractivity contribution is -0.267. The van der Waals surface area contributed by atoms with Crippen LogP contribution in [0.2, 0.25) is 0 Å². The Morgan fingerprint density at radius 2 is 1.82 bits per heavy atom. The van der Waals surface area contributed by atoms with E-state index in [1.807, 2.05) is 0 Å². The van der Waals surface area contributed by atoms with Crippen molar-refractivity contribution >= 4 is 17.5 Å². The van der Waals surface area contributed by atoms with Gasteiger partial charge in [0.1, 0.15) is 24.2 Å². The molecule has 4 fully saturated rings. The molecule has 0 bridgehead atoms. The lowest BCUT2D eigenvalue weighted by atomic mass is 9.41. The SMILES string of the molecule is CCC(=O)O[C@]1(C(=O)CO)C(C)C[C@H]2[C@@H]3CC(F)C4CC(=O)CC[C@]4(C)[C@@]3(F)C(O)C[C@@]21C. The first-order chi connectivity index (χ1) is 15.3. The predicted octanol–water partition coefficient (Wildman–Crippen LogP) is 3.11. The van der Waals surface area contributed by atoms with Crippen LogP contribution in [0.25, 0.3) is 0 Å². The Balaban J connectivity index is 1.84. The van der Waals surface area contributed by atoms with Gasteiger partial charge in [0.15, 0.2) is 5.60 Å². The molecule has 4 aliphatic rings. The minimum absolute atomic E-state index is 0.0211. The van der Waals surface area contributed by atoms with Gasteiger partial charge in [0.2, 0.25) is 5.78 Å². The summed E-state index contributed by atoms with van der Waals surface area (Å²) in [7, 11) is 0. The van der Waals surface area contributed by atoms with E-state index in [1.165, 1.54) is 0 Å². The molecule has 0 heterocycles. The molecule has 33 heavy (non-hydrogen) atoms. The Labute approximate surface area is 193 Å². The summed E-state index contributed by atoms with van der Waals surface area (Å²) in [5.41, 5.74) is -6.21. The fraction of sp³-hybridized carbons (Fsp3) is 0.880. The summed E-state index contributed by atoms with van der Waals surface area (Å²) in [5.74, 6) is -4.11. The number of carbonyl (C=O) groups excluding carboxylic acids is 3. The van der Waals surface area contributed by atoms with E-state index in [4.69, 9.17) is 4.74 Å². The molecule has 4 rings (SSSR count). The van der Waals surface area contributed by atoms with Crippen LogP contribution in [-0.4, -0.2) is 57.9 Å². The number of halogens is 2. The highest BCUT2D eigenvalue weighted by atomic mass is 19.1. The quantitative estimate of drug-likeness (QED) is 0.613. The zero-order chi connectivity index (χ0) is 24.6. The van der Waals surface area contributed by atoms with Crippen LogP contribution in [0.4, 0.5) is 8.78 Å². The maximum absolute atomic E-state index is 17.3. The van der Waals surface area contributed by atoms with Crippen molar-refractivity contribution in [3.63, 3.8) is 0 Å². The average molecular weight is 471 g/mol. The molecule has 8 heteroatoms. The van der Waals surface area contributed by atoms with Crippen LogP contribution in [0.3, 0.4) is 0 Å². The average Bonchev–Trinajstić information content (AvgIpc) is 2.98. The van der Waals surface area contributed by atoms with E-state index in [2.05, 4.69) is 0 Å². The molecule has 6 nitrogen and oxygen atoms in total. The first-order valence-electron chi connectivity index (χ1n) is 12.2. The number of hydrogen-bond acceptors (Lipinski definition) is 6. The molecule has 10 atom stereocenters. The molecule has 186 valence electrons. The third kappa shape index (κ3) is 2.92. The second kappa shape index (κ2) is 7.80. The highest BCUT2D eigenvalue weighted by Gasteiger charge is 2.78. The molecule has 2 N–H and O–H groups in total. The van der Waals surface area contributed by atoms with E-state index in [9.17, 15) is 24.6 Å². The summed E-state index contributed by atoms with van der Waals surface area (Å²) in [6.07, 6.45) is -2.59. The number of ether oxygens (including phenoxy) is 1. The third-order valence-electron chi connectivity index (χ3n) is 10.2. The molecule has 0 aliphatic heterocycles. The number of hydrogen-bond donors (Lipinski definition) is 2. The molecule has 4 aliphatic carbocycles. The van der Waals surface area contributed by atoms with Crippen LogP contribution in [0, 0.1) is 34.5 Å². The van der Waals surface area contributed by atoms with E-state index < -0.39 is 76.4 Å². The van der Waals surface area contributed by atoms with Gasteiger partial charge in [-0.3, -0.25) is 14.4 Å². The summed E-state index contributed by atoms with van der Waals surface area (Å²) in [6.45, 7) is 5.87. The number of ketones is 2. The predicted molar refractivity (Wildman–Crippen MR) is 115 cm³/mol. The van der Waals surface area contributed by atoms with E-state index in [0.717, 1.165) is 0 Å². The molecule has 0 aromatic carbocycles. The Morgan fingerprint density at radius 1 is 1.15 bits per heavy atom.